The number of nitrogens with zero attached hydrogens (tertiary/aromatic N) is 2. The van der Waals surface area contributed by atoms with E-state index in [9.17, 15) is 5.11 Å². The molecule has 3 nitrogen and oxygen atoms in total. The van der Waals surface area contributed by atoms with E-state index < -0.39 is 6.10 Å². The topological polar surface area (TPSA) is 46.0 Å². The summed E-state index contributed by atoms with van der Waals surface area (Å²) >= 11 is 8.13. The van der Waals surface area contributed by atoms with Gasteiger partial charge in [0.25, 0.3) is 0 Å². The lowest BCUT2D eigenvalue weighted by Crippen LogP contribution is -2.02. The Morgan fingerprint density at radius 2 is 2.12 bits per heavy atom. The predicted molar refractivity (Wildman–Crippen MR) is 70.3 cm³/mol. The molecule has 0 aliphatic heterocycles. The highest BCUT2D eigenvalue weighted by Gasteiger charge is 2.12. The molecule has 1 aromatic carbocycles. The maximum Gasteiger partial charge on any atom is 0.123 e. The smallest absolute Gasteiger partial charge is 0.123 e. The molecule has 0 spiro atoms. The van der Waals surface area contributed by atoms with Gasteiger partial charge in [-0.25, -0.2) is 0 Å². The van der Waals surface area contributed by atoms with Crippen LogP contribution in [0.1, 0.15) is 17.4 Å². The second-order valence-corrected chi connectivity index (χ2v) is 4.78. The Labute approximate surface area is 112 Å². The number of aliphatic hydroxyl groups excluding tert-OH is 1. The Morgan fingerprint density at radius 1 is 1.31 bits per heavy atom. The van der Waals surface area contributed by atoms with Crippen molar-refractivity contribution in [1.82, 2.24) is 9.97 Å². The summed E-state index contributed by atoms with van der Waals surface area (Å²) in [5, 5.41) is 10.7. The van der Waals surface area contributed by atoms with Crippen LogP contribution in [0.3, 0.4) is 0 Å². The minimum atomic E-state index is -0.789. The van der Waals surface area contributed by atoms with Crippen molar-refractivity contribution >= 4 is 34.2 Å². The quantitative estimate of drug-likeness (QED) is 0.851. The fourth-order valence-electron chi connectivity index (χ4n) is 1.31. The van der Waals surface area contributed by atoms with Crippen LogP contribution in [0.15, 0.2) is 36.8 Å². The van der Waals surface area contributed by atoms with E-state index in [1.54, 1.807) is 18.5 Å². The summed E-state index contributed by atoms with van der Waals surface area (Å²) in [5.74, 6) is 0. The molecule has 1 aromatic heterocycles. The molecule has 0 bridgehead atoms. The summed E-state index contributed by atoms with van der Waals surface area (Å²) in [6, 6.07) is 5.42. The standard InChI is InChI=1S/C11H8ClIN2O/c12-8-5-7(1-2-9(8)13)11(16)10-6-14-3-4-15-10/h1-6,11,16H. The normalized spacial score (nSPS) is 12.4. The molecule has 0 fully saturated rings. The van der Waals surface area contributed by atoms with Crippen molar-refractivity contribution in [3.05, 3.63) is 56.6 Å². The second kappa shape index (κ2) is 5.07. The lowest BCUT2D eigenvalue weighted by Gasteiger charge is -2.10. The molecule has 2 rings (SSSR count). The third kappa shape index (κ3) is 2.50. The Morgan fingerprint density at radius 3 is 2.75 bits per heavy atom. The van der Waals surface area contributed by atoms with Crippen LogP contribution in [-0.2, 0) is 0 Å². The molecule has 0 saturated heterocycles. The van der Waals surface area contributed by atoms with Gasteiger partial charge in [0.05, 0.1) is 16.9 Å². The number of benzene rings is 1. The van der Waals surface area contributed by atoms with Gasteiger partial charge in [-0.1, -0.05) is 17.7 Å². The Balaban J connectivity index is 2.34. The van der Waals surface area contributed by atoms with Crippen molar-refractivity contribution < 1.29 is 5.11 Å². The SMILES string of the molecule is OC(c1ccc(I)c(Cl)c1)c1cnccn1. The molecule has 1 heterocycles. The van der Waals surface area contributed by atoms with E-state index in [0.717, 1.165) is 3.57 Å². The van der Waals surface area contributed by atoms with Gasteiger partial charge in [-0.3, -0.25) is 9.97 Å². The zero-order valence-electron chi connectivity index (χ0n) is 8.14. The summed E-state index contributed by atoms with van der Waals surface area (Å²) < 4.78 is 0.953. The summed E-state index contributed by atoms with van der Waals surface area (Å²) in [4.78, 5) is 7.96. The predicted octanol–water partition coefficient (Wildman–Crippen LogP) is 2.82. The highest BCUT2D eigenvalue weighted by atomic mass is 127. The minimum Gasteiger partial charge on any atom is -0.382 e. The number of aromatic nitrogens is 2. The maximum absolute atomic E-state index is 10.0. The van der Waals surface area contributed by atoms with Gasteiger partial charge in [0.2, 0.25) is 0 Å². The van der Waals surface area contributed by atoms with Gasteiger partial charge in [-0.2, -0.15) is 0 Å². The van der Waals surface area contributed by atoms with Crippen molar-refractivity contribution in [2.24, 2.45) is 0 Å². The molecule has 0 radical (unpaired) electrons. The Bertz CT molecular complexity index is 493. The van der Waals surface area contributed by atoms with Crippen LogP contribution < -0.4 is 0 Å². The van der Waals surface area contributed by atoms with Gasteiger partial charge in [0.1, 0.15) is 6.10 Å². The van der Waals surface area contributed by atoms with Crippen LogP contribution in [0.5, 0.6) is 0 Å². The fourth-order valence-corrected chi connectivity index (χ4v) is 1.83. The molecule has 0 saturated carbocycles. The molecule has 1 unspecified atom stereocenters. The van der Waals surface area contributed by atoms with E-state index in [1.165, 1.54) is 6.20 Å². The van der Waals surface area contributed by atoms with Crippen molar-refractivity contribution in [2.75, 3.05) is 0 Å². The number of hydrogen-bond acceptors (Lipinski definition) is 3. The highest BCUT2D eigenvalue weighted by molar-refractivity contribution is 14.1. The van der Waals surface area contributed by atoms with Crippen molar-refractivity contribution in [3.8, 4) is 0 Å². The number of hydrogen-bond donors (Lipinski definition) is 1. The molecule has 0 aliphatic rings. The number of aliphatic hydroxyl groups is 1. The minimum absolute atomic E-state index is 0.514. The van der Waals surface area contributed by atoms with Crippen LogP contribution in [0.25, 0.3) is 0 Å². The van der Waals surface area contributed by atoms with Crippen molar-refractivity contribution in [2.45, 2.75) is 6.10 Å². The van der Waals surface area contributed by atoms with Gasteiger partial charge < -0.3 is 5.11 Å². The molecule has 0 aliphatic carbocycles. The van der Waals surface area contributed by atoms with E-state index in [-0.39, 0.29) is 0 Å². The van der Waals surface area contributed by atoms with Crippen molar-refractivity contribution in [3.63, 3.8) is 0 Å². The Hall–Kier alpha value is -0.720. The van der Waals surface area contributed by atoms with Crippen molar-refractivity contribution in [1.29, 1.82) is 0 Å². The molecule has 82 valence electrons. The summed E-state index contributed by atoms with van der Waals surface area (Å²) in [6.07, 6.45) is 3.86. The van der Waals surface area contributed by atoms with Gasteiger partial charge in [-0.15, -0.1) is 0 Å². The third-order valence-electron chi connectivity index (χ3n) is 2.12. The van der Waals surface area contributed by atoms with Crippen LogP contribution in [0.4, 0.5) is 0 Å². The van der Waals surface area contributed by atoms with Gasteiger partial charge in [0.15, 0.2) is 0 Å². The molecule has 1 N–H and O–H groups in total. The zero-order chi connectivity index (χ0) is 11.5. The van der Waals surface area contributed by atoms with E-state index in [2.05, 4.69) is 32.6 Å². The largest absolute Gasteiger partial charge is 0.382 e. The Kier molecular flexibility index (Phi) is 3.73. The van der Waals surface area contributed by atoms with Crippen LogP contribution in [0.2, 0.25) is 5.02 Å². The molecule has 0 amide bonds. The van der Waals surface area contributed by atoms with Crippen LogP contribution in [-0.4, -0.2) is 15.1 Å². The molecular formula is C11H8ClIN2O. The zero-order valence-corrected chi connectivity index (χ0v) is 11.1. The molecule has 1 atom stereocenters. The van der Waals surface area contributed by atoms with Gasteiger partial charge in [0, 0.05) is 16.0 Å². The lowest BCUT2D eigenvalue weighted by atomic mass is 10.1. The van der Waals surface area contributed by atoms with Gasteiger partial charge in [-0.05, 0) is 40.3 Å². The first-order valence-electron chi connectivity index (χ1n) is 4.57. The molecule has 16 heavy (non-hydrogen) atoms. The average molecular weight is 347 g/mol. The van der Waals surface area contributed by atoms with E-state index >= 15 is 0 Å². The van der Waals surface area contributed by atoms with Crippen LogP contribution in [0, 0.1) is 3.57 Å². The number of rotatable bonds is 2. The first-order chi connectivity index (χ1) is 7.68. The van der Waals surface area contributed by atoms with E-state index in [4.69, 9.17) is 11.6 Å². The average Bonchev–Trinajstić information content (AvgIpc) is 2.33. The van der Waals surface area contributed by atoms with Gasteiger partial charge >= 0.3 is 0 Å². The summed E-state index contributed by atoms with van der Waals surface area (Å²) in [6.45, 7) is 0. The summed E-state index contributed by atoms with van der Waals surface area (Å²) in [5.41, 5.74) is 1.23. The second-order valence-electron chi connectivity index (χ2n) is 3.21. The summed E-state index contributed by atoms with van der Waals surface area (Å²) in [7, 11) is 0. The number of halogens is 2. The highest BCUT2D eigenvalue weighted by Crippen LogP contribution is 2.25. The fraction of sp³-hybridized carbons (Fsp3) is 0.0909. The maximum atomic E-state index is 10.0. The van der Waals surface area contributed by atoms with E-state index in [1.807, 2.05) is 12.1 Å². The third-order valence-corrected chi connectivity index (χ3v) is 3.69. The monoisotopic (exact) mass is 346 g/mol. The van der Waals surface area contributed by atoms with E-state index in [0.29, 0.717) is 16.3 Å². The lowest BCUT2D eigenvalue weighted by molar-refractivity contribution is 0.215. The first-order valence-corrected chi connectivity index (χ1v) is 6.03. The van der Waals surface area contributed by atoms with Crippen LogP contribution >= 0.6 is 34.2 Å². The molecule has 2 aromatic rings. The molecule has 5 heteroatoms. The molecular weight excluding hydrogens is 338 g/mol. The first kappa shape index (κ1) is 11.8.